The number of rotatable bonds is 4. The highest BCUT2D eigenvalue weighted by Crippen LogP contribution is 2.26. The fourth-order valence-corrected chi connectivity index (χ4v) is 2.02. The van der Waals surface area contributed by atoms with Crippen LogP contribution in [0, 0.1) is 0 Å². The van der Waals surface area contributed by atoms with E-state index in [4.69, 9.17) is 0 Å². The lowest BCUT2D eigenvalue weighted by atomic mass is 10.1. The molecule has 0 aliphatic heterocycles. The van der Waals surface area contributed by atoms with Crippen molar-refractivity contribution >= 4 is 10.9 Å². The molecule has 3 nitrogen and oxygen atoms in total. The molecule has 0 saturated heterocycles. The fraction of sp³-hybridized carbons (Fsp3) is 0.357. The predicted molar refractivity (Wildman–Crippen MR) is 70.0 cm³/mol. The Labute approximate surface area is 102 Å². The van der Waals surface area contributed by atoms with Crippen LogP contribution in [0.4, 0.5) is 0 Å². The van der Waals surface area contributed by atoms with Gasteiger partial charge < -0.3 is 5.11 Å². The first-order valence-electron chi connectivity index (χ1n) is 6.04. The second-order valence-electron chi connectivity index (χ2n) is 4.10. The number of hydrogen-bond acceptors (Lipinski definition) is 3. The Hall–Kier alpha value is -1.61. The van der Waals surface area contributed by atoms with Crippen LogP contribution in [0.15, 0.2) is 30.5 Å². The molecule has 1 N–H and O–H groups in total. The molecule has 0 spiro atoms. The lowest BCUT2D eigenvalue weighted by Gasteiger charge is -2.19. The van der Waals surface area contributed by atoms with Gasteiger partial charge in [0, 0.05) is 17.5 Å². The van der Waals surface area contributed by atoms with E-state index in [-0.39, 0.29) is 5.75 Å². The van der Waals surface area contributed by atoms with E-state index in [2.05, 4.69) is 23.7 Å². The van der Waals surface area contributed by atoms with Gasteiger partial charge in [-0.25, -0.2) is 0 Å². The molecule has 0 aliphatic rings. The maximum atomic E-state index is 9.96. The third kappa shape index (κ3) is 2.39. The highest BCUT2D eigenvalue weighted by molar-refractivity contribution is 5.83. The van der Waals surface area contributed by atoms with Gasteiger partial charge in [-0.05, 0) is 19.2 Å². The van der Waals surface area contributed by atoms with Crippen molar-refractivity contribution in [3.05, 3.63) is 36.0 Å². The van der Waals surface area contributed by atoms with E-state index in [9.17, 15) is 5.11 Å². The van der Waals surface area contributed by atoms with Crippen LogP contribution in [-0.2, 0) is 6.54 Å². The smallest absolute Gasteiger partial charge is 0.139 e. The minimum atomic E-state index is 0.288. The number of aromatic hydroxyl groups is 1. The molecule has 0 amide bonds. The lowest BCUT2D eigenvalue weighted by molar-refractivity contribution is 0.292. The Morgan fingerprint density at radius 3 is 2.59 bits per heavy atom. The standard InChI is InChI=1S/C14H18N2O/c1-3-16(4-2)10-12-11-7-5-6-8-13(11)15-9-14(12)17/h5-9,17H,3-4,10H2,1-2H3. The summed E-state index contributed by atoms with van der Waals surface area (Å²) in [5.41, 5.74) is 1.91. The minimum absolute atomic E-state index is 0.288. The zero-order valence-electron chi connectivity index (χ0n) is 10.3. The highest BCUT2D eigenvalue weighted by Gasteiger charge is 2.10. The van der Waals surface area contributed by atoms with Crippen molar-refractivity contribution in [3.8, 4) is 5.75 Å². The van der Waals surface area contributed by atoms with Gasteiger partial charge >= 0.3 is 0 Å². The van der Waals surface area contributed by atoms with Crippen molar-refractivity contribution in [1.82, 2.24) is 9.88 Å². The average Bonchev–Trinajstić information content (AvgIpc) is 2.38. The number of hydrogen-bond donors (Lipinski definition) is 1. The van der Waals surface area contributed by atoms with Gasteiger partial charge in [0.05, 0.1) is 11.7 Å². The van der Waals surface area contributed by atoms with Crippen LogP contribution in [0.25, 0.3) is 10.9 Å². The van der Waals surface area contributed by atoms with E-state index in [1.54, 1.807) is 6.20 Å². The summed E-state index contributed by atoms with van der Waals surface area (Å²) in [6.45, 7) is 6.98. The largest absolute Gasteiger partial charge is 0.506 e. The third-order valence-electron chi connectivity index (χ3n) is 3.14. The van der Waals surface area contributed by atoms with Gasteiger partial charge in [0.25, 0.3) is 0 Å². The van der Waals surface area contributed by atoms with Gasteiger partial charge in [-0.3, -0.25) is 9.88 Å². The van der Waals surface area contributed by atoms with Crippen LogP contribution in [-0.4, -0.2) is 28.1 Å². The van der Waals surface area contributed by atoms with Gasteiger partial charge in [-0.2, -0.15) is 0 Å². The topological polar surface area (TPSA) is 36.4 Å². The van der Waals surface area contributed by atoms with Crippen LogP contribution < -0.4 is 0 Å². The molecule has 0 unspecified atom stereocenters. The SMILES string of the molecule is CCN(CC)Cc1c(O)cnc2ccccc12. The van der Waals surface area contributed by atoms with Crippen LogP contribution in [0.1, 0.15) is 19.4 Å². The Morgan fingerprint density at radius 1 is 1.18 bits per heavy atom. The first-order valence-corrected chi connectivity index (χ1v) is 6.04. The number of aromatic nitrogens is 1. The molecule has 0 saturated carbocycles. The predicted octanol–water partition coefficient (Wildman–Crippen LogP) is 2.78. The van der Waals surface area contributed by atoms with E-state index < -0.39 is 0 Å². The van der Waals surface area contributed by atoms with Crippen molar-refractivity contribution in [3.63, 3.8) is 0 Å². The maximum absolute atomic E-state index is 9.96. The lowest BCUT2D eigenvalue weighted by Crippen LogP contribution is -2.22. The number of para-hydroxylation sites is 1. The van der Waals surface area contributed by atoms with Crippen LogP contribution in [0.2, 0.25) is 0 Å². The zero-order valence-corrected chi connectivity index (χ0v) is 10.3. The molecular formula is C14H18N2O. The Balaban J connectivity index is 2.47. The van der Waals surface area contributed by atoms with E-state index in [1.807, 2.05) is 24.3 Å². The second-order valence-corrected chi connectivity index (χ2v) is 4.10. The summed E-state index contributed by atoms with van der Waals surface area (Å²) in [4.78, 5) is 6.51. The van der Waals surface area contributed by atoms with Crippen molar-refractivity contribution in [2.24, 2.45) is 0 Å². The van der Waals surface area contributed by atoms with Gasteiger partial charge in [0.2, 0.25) is 0 Å². The van der Waals surface area contributed by atoms with Gasteiger partial charge in [-0.15, -0.1) is 0 Å². The molecule has 3 heteroatoms. The summed E-state index contributed by atoms with van der Waals surface area (Å²) in [5.74, 6) is 0.288. The summed E-state index contributed by atoms with van der Waals surface area (Å²) in [6.07, 6.45) is 1.54. The number of nitrogens with zero attached hydrogens (tertiary/aromatic N) is 2. The molecule has 1 aromatic carbocycles. The van der Waals surface area contributed by atoms with Crippen molar-refractivity contribution in [2.75, 3.05) is 13.1 Å². The van der Waals surface area contributed by atoms with Crippen molar-refractivity contribution in [2.45, 2.75) is 20.4 Å². The Morgan fingerprint density at radius 2 is 1.88 bits per heavy atom. The monoisotopic (exact) mass is 230 g/mol. The van der Waals surface area contributed by atoms with Crippen molar-refractivity contribution < 1.29 is 5.11 Å². The van der Waals surface area contributed by atoms with Gasteiger partial charge in [0.15, 0.2) is 0 Å². The van der Waals surface area contributed by atoms with Crippen LogP contribution >= 0.6 is 0 Å². The van der Waals surface area contributed by atoms with E-state index >= 15 is 0 Å². The number of pyridine rings is 1. The number of fused-ring (bicyclic) bond motifs is 1. The molecule has 1 heterocycles. The molecule has 0 radical (unpaired) electrons. The Bertz CT molecular complexity index is 507. The summed E-state index contributed by atoms with van der Waals surface area (Å²) >= 11 is 0. The molecular weight excluding hydrogens is 212 g/mol. The molecule has 0 aliphatic carbocycles. The van der Waals surface area contributed by atoms with Crippen LogP contribution in [0.3, 0.4) is 0 Å². The second kappa shape index (κ2) is 5.15. The zero-order chi connectivity index (χ0) is 12.3. The normalized spacial score (nSPS) is 11.2. The molecule has 90 valence electrons. The van der Waals surface area contributed by atoms with Crippen molar-refractivity contribution in [1.29, 1.82) is 0 Å². The third-order valence-corrected chi connectivity index (χ3v) is 3.14. The van der Waals surface area contributed by atoms with Gasteiger partial charge in [0.1, 0.15) is 5.75 Å². The van der Waals surface area contributed by atoms with E-state index in [0.717, 1.165) is 36.1 Å². The molecule has 17 heavy (non-hydrogen) atoms. The quantitative estimate of drug-likeness (QED) is 0.877. The van der Waals surface area contributed by atoms with E-state index in [1.165, 1.54) is 0 Å². The fourth-order valence-electron chi connectivity index (χ4n) is 2.02. The minimum Gasteiger partial charge on any atom is -0.506 e. The number of benzene rings is 1. The summed E-state index contributed by atoms with van der Waals surface area (Å²) < 4.78 is 0. The Kier molecular flexibility index (Phi) is 3.59. The summed E-state index contributed by atoms with van der Waals surface area (Å²) in [7, 11) is 0. The average molecular weight is 230 g/mol. The van der Waals surface area contributed by atoms with Gasteiger partial charge in [-0.1, -0.05) is 32.0 Å². The summed E-state index contributed by atoms with van der Waals surface area (Å²) in [6, 6.07) is 7.93. The summed E-state index contributed by atoms with van der Waals surface area (Å²) in [5, 5.41) is 11.0. The van der Waals surface area contributed by atoms with E-state index in [0.29, 0.717) is 0 Å². The molecule has 0 bridgehead atoms. The maximum Gasteiger partial charge on any atom is 0.139 e. The first kappa shape index (κ1) is 11.9. The molecule has 0 atom stereocenters. The molecule has 2 rings (SSSR count). The highest BCUT2D eigenvalue weighted by atomic mass is 16.3. The first-order chi connectivity index (χ1) is 8.26. The van der Waals surface area contributed by atoms with Crippen LogP contribution in [0.5, 0.6) is 5.75 Å². The molecule has 0 fully saturated rings. The molecule has 2 aromatic rings. The molecule has 1 aromatic heterocycles.